The minimum Gasteiger partial charge on any atom is -0.481 e. The molecule has 0 spiro atoms. The summed E-state index contributed by atoms with van der Waals surface area (Å²) in [4.78, 5) is 12.6. The summed E-state index contributed by atoms with van der Waals surface area (Å²) in [6.07, 6.45) is 4.47. The Morgan fingerprint density at radius 3 is 2.44 bits per heavy atom. The summed E-state index contributed by atoms with van der Waals surface area (Å²) in [6, 6.07) is 4.75. The average molecular weight is 251 g/mol. The Labute approximate surface area is 106 Å². The van der Waals surface area contributed by atoms with Crippen molar-refractivity contribution in [2.24, 2.45) is 0 Å². The fourth-order valence-corrected chi connectivity index (χ4v) is 2.40. The van der Waals surface area contributed by atoms with Gasteiger partial charge in [-0.3, -0.25) is 4.79 Å². The Morgan fingerprint density at radius 1 is 1.22 bits per heavy atom. The van der Waals surface area contributed by atoms with E-state index in [1.165, 1.54) is 18.9 Å². The van der Waals surface area contributed by atoms with Gasteiger partial charge in [0, 0.05) is 13.1 Å². The second-order valence-corrected chi connectivity index (χ2v) is 4.76. The molecule has 18 heavy (non-hydrogen) atoms. The molecule has 1 heterocycles. The van der Waals surface area contributed by atoms with E-state index in [1.807, 2.05) is 0 Å². The van der Waals surface area contributed by atoms with E-state index < -0.39 is 5.97 Å². The number of carboxylic acid groups (broad SMARTS) is 1. The molecule has 1 aliphatic heterocycles. The van der Waals surface area contributed by atoms with E-state index in [4.69, 9.17) is 5.11 Å². The van der Waals surface area contributed by atoms with Crippen LogP contribution in [0.2, 0.25) is 0 Å². The second kappa shape index (κ2) is 5.85. The van der Waals surface area contributed by atoms with Crippen LogP contribution in [0.1, 0.15) is 31.2 Å². The van der Waals surface area contributed by atoms with E-state index in [0.29, 0.717) is 11.3 Å². The van der Waals surface area contributed by atoms with Crippen LogP contribution in [-0.2, 0) is 11.2 Å². The first-order valence-electron chi connectivity index (χ1n) is 6.42. The Kier molecular flexibility index (Phi) is 4.18. The molecule has 1 aromatic rings. The number of aliphatic carboxylic acids is 1. The third-order valence-electron chi connectivity index (χ3n) is 3.31. The van der Waals surface area contributed by atoms with Gasteiger partial charge in [-0.25, -0.2) is 4.39 Å². The van der Waals surface area contributed by atoms with Crippen molar-refractivity contribution in [2.45, 2.75) is 32.1 Å². The van der Waals surface area contributed by atoms with E-state index >= 15 is 0 Å². The zero-order chi connectivity index (χ0) is 13.0. The number of benzene rings is 1. The van der Waals surface area contributed by atoms with Crippen LogP contribution >= 0.6 is 0 Å². The average Bonchev–Trinajstić information content (AvgIpc) is 2.57. The number of rotatable bonds is 3. The Bertz CT molecular complexity index is 426. The van der Waals surface area contributed by atoms with Gasteiger partial charge < -0.3 is 10.0 Å². The summed E-state index contributed by atoms with van der Waals surface area (Å²) in [5, 5.41) is 8.68. The minimum absolute atomic E-state index is 0.128. The molecule has 1 aromatic carbocycles. The van der Waals surface area contributed by atoms with Gasteiger partial charge in [0.25, 0.3) is 0 Å². The van der Waals surface area contributed by atoms with Crippen molar-refractivity contribution >= 4 is 11.7 Å². The Balaban J connectivity index is 2.15. The number of carbonyl (C=O) groups is 1. The molecule has 0 aromatic heterocycles. The maximum absolute atomic E-state index is 14.0. The van der Waals surface area contributed by atoms with Gasteiger partial charge in [-0.1, -0.05) is 18.9 Å². The van der Waals surface area contributed by atoms with Gasteiger partial charge in [-0.15, -0.1) is 0 Å². The number of hydrogen-bond acceptors (Lipinski definition) is 2. The molecular formula is C14H18FNO2. The largest absolute Gasteiger partial charge is 0.481 e. The highest BCUT2D eigenvalue weighted by Gasteiger charge is 2.14. The Morgan fingerprint density at radius 2 is 1.89 bits per heavy atom. The van der Waals surface area contributed by atoms with E-state index in [0.717, 1.165) is 25.9 Å². The van der Waals surface area contributed by atoms with Crippen LogP contribution in [0.3, 0.4) is 0 Å². The quantitative estimate of drug-likeness (QED) is 0.898. The Hall–Kier alpha value is -1.58. The predicted octanol–water partition coefficient (Wildman–Crippen LogP) is 2.83. The van der Waals surface area contributed by atoms with Crippen LogP contribution in [-0.4, -0.2) is 24.2 Å². The highest BCUT2D eigenvalue weighted by atomic mass is 19.1. The van der Waals surface area contributed by atoms with Crippen LogP contribution in [0.25, 0.3) is 0 Å². The molecule has 0 atom stereocenters. The van der Waals surface area contributed by atoms with Gasteiger partial charge in [0.2, 0.25) is 0 Å². The molecule has 1 saturated heterocycles. The van der Waals surface area contributed by atoms with E-state index in [2.05, 4.69) is 4.90 Å². The van der Waals surface area contributed by atoms with Crippen LogP contribution in [0.5, 0.6) is 0 Å². The van der Waals surface area contributed by atoms with Gasteiger partial charge in [-0.2, -0.15) is 0 Å². The topological polar surface area (TPSA) is 40.5 Å². The molecule has 1 aliphatic rings. The van der Waals surface area contributed by atoms with Crippen molar-refractivity contribution < 1.29 is 14.3 Å². The molecule has 0 aliphatic carbocycles. The van der Waals surface area contributed by atoms with Crippen LogP contribution < -0.4 is 4.90 Å². The molecule has 0 amide bonds. The molecule has 0 bridgehead atoms. The minimum atomic E-state index is -0.933. The van der Waals surface area contributed by atoms with Crippen molar-refractivity contribution in [2.75, 3.05) is 18.0 Å². The molecule has 0 unspecified atom stereocenters. The summed E-state index contributed by atoms with van der Waals surface area (Å²) in [6.45, 7) is 1.77. The van der Waals surface area contributed by atoms with Gasteiger partial charge >= 0.3 is 5.97 Å². The normalized spacial score (nSPS) is 16.4. The van der Waals surface area contributed by atoms with Gasteiger partial charge in [0.15, 0.2) is 0 Å². The zero-order valence-electron chi connectivity index (χ0n) is 10.4. The molecule has 3 nitrogen and oxygen atoms in total. The van der Waals surface area contributed by atoms with Crippen molar-refractivity contribution in [1.29, 1.82) is 0 Å². The first-order chi connectivity index (χ1) is 8.66. The summed E-state index contributed by atoms with van der Waals surface area (Å²) in [7, 11) is 0. The van der Waals surface area contributed by atoms with Crippen molar-refractivity contribution in [1.82, 2.24) is 0 Å². The molecule has 4 heteroatoms. The number of halogens is 1. The lowest BCUT2D eigenvalue weighted by Gasteiger charge is -2.23. The van der Waals surface area contributed by atoms with Crippen LogP contribution in [0, 0.1) is 5.82 Å². The molecule has 98 valence electrons. The lowest BCUT2D eigenvalue weighted by atomic mass is 10.1. The molecule has 2 rings (SSSR count). The van der Waals surface area contributed by atoms with E-state index in [-0.39, 0.29) is 12.2 Å². The van der Waals surface area contributed by atoms with Gasteiger partial charge in [0.05, 0.1) is 12.1 Å². The second-order valence-electron chi connectivity index (χ2n) is 4.76. The standard InChI is InChI=1S/C14H18FNO2/c15-12-9-11(10-14(17)18)5-6-13(12)16-7-3-1-2-4-8-16/h5-6,9H,1-4,7-8,10H2,(H,17,18). The smallest absolute Gasteiger partial charge is 0.307 e. The zero-order valence-corrected chi connectivity index (χ0v) is 10.4. The monoisotopic (exact) mass is 251 g/mol. The lowest BCUT2D eigenvalue weighted by molar-refractivity contribution is -0.136. The number of hydrogen-bond donors (Lipinski definition) is 1. The third-order valence-corrected chi connectivity index (χ3v) is 3.31. The van der Waals surface area contributed by atoms with E-state index in [1.54, 1.807) is 12.1 Å². The van der Waals surface area contributed by atoms with Crippen LogP contribution in [0.4, 0.5) is 10.1 Å². The summed E-state index contributed by atoms with van der Waals surface area (Å²) in [5.74, 6) is -1.24. The fourth-order valence-electron chi connectivity index (χ4n) is 2.40. The van der Waals surface area contributed by atoms with Crippen molar-refractivity contribution in [3.8, 4) is 0 Å². The first kappa shape index (κ1) is 12.9. The van der Waals surface area contributed by atoms with Crippen molar-refractivity contribution in [3.63, 3.8) is 0 Å². The first-order valence-corrected chi connectivity index (χ1v) is 6.42. The number of nitrogens with zero attached hydrogens (tertiary/aromatic N) is 1. The summed E-state index contributed by atoms with van der Waals surface area (Å²) >= 11 is 0. The third kappa shape index (κ3) is 3.22. The molecule has 1 fully saturated rings. The number of carboxylic acids is 1. The maximum atomic E-state index is 14.0. The van der Waals surface area contributed by atoms with Crippen molar-refractivity contribution in [3.05, 3.63) is 29.6 Å². The SMILES string of the molecule is O=C(O)Cc1ccc(N2CCCCCC2)c(F)c1. The summed E-state index contributed by atoms with van der Waals surface area (Å²) in [5.41, 5.74) is 1.12. The molecule has 0 radical (unpaired) electrons. The highest BCUT2D eigenvalue weighted by Crippen LogP contribution is 2.23. The van der Waals surface area contributed by atoms with Gasteiger partial charge in [0.1, 0.15) is 5.82 Å². The fraction of sp³-hybridized carbons (Fsp3) is 0.500. The maximum Gasteiger partial charge on any atom is 0.307 e. The van der Waals surface area contributed by atoms with E-state index in [9.17, 15) is 9.18 Å². The lowest BCUT2D eigenvalue weighted by Crippen LogP contribution is -2.24. The number of anilines is 1. The molecule has 1 N–H and O–H groups in total. The summed E-state index contributed by atoms with van der Waals surface area (Å²) < 4.78 is 14.0. The predicted molar refractivity (Wildman–Crippen MR) is 68.4 cm³/mol. The van der Waals surface area contributed by atoms with Gasteiger partial charge in [-0.05, 0) is 30.5 Å². The molecular weight excluding hydrogens is 233 g/mol. The molecule has 0 saturated carbocycles. The van der Waals surface area contributed by atoms with Crippen LogP contribution in [0.15, 0.2) is 18.2 Å². The highest BCUT2D eigenvalue weighted by molar-refractivity contribution is 5.70.